The Morgan fingerprint density at radius 3 is 2.43 bits per heavy atom. The maximum Gasteiger partial charge on any atom is 0.417 e. The van der Waals surface area contributed by atoms with E-state index in [-0.39, 0.29) is 36.5 Å². The molecule has 0 bridgehead atoms. The van der Waals surface area contributed by atoms with Gasteiger partial charge in [0.2, 0.25) is 5.91 Å². The van der Waals surface area contributed by atoms with Gasteiger partial charge in [-0.3, -0.25) is 9.59 Å². The Kier molecular flexibility index (Phi) is 6.42. The van der Waals surface area contributed by atoms with Crippen molar-refractivity contribution in [2.45, 2.75) is 45.2 Å². The van der Waals surface area contributed by atoms with Crippen LogP contribution < -0.4 is 5.32 Å². The molecular formula is C20H24F3N5O2. The maximum absolute atomic E-state index is 12.8. The quantitative estimate of drug-likeness (QED) is 0.774. The lowest BCUT2D eigenvalue weighted by Gasteiger charge is -2.15. The van der Waals surface area contributed by atoms with Crippen LogP contribution in [0.25, 0.3) is 5.82 Å². The van der Waals surface area contributed by atoms with Crippen molar-refractivity contribution in [3.8, 4) is 5.82 Å². The molecule has 1 aliphatic rings. The molecule has 0 aliphatic carbocycles. The van der Waals surface area contributed by atoms with Crippen molar-refractivity contribution >= 4 is 11.8 Å². The third kappa shape index (κ3) is 4.80. The summed E-state index contributed by atoms with van der Waals surface area (Å²) in [6, 6.07) is 2.15. The number of pyridine rings is 1. The van der Waals surface area contributed by atoms with Gasteiger partial charge in [-0.25, -0.2) is 9.67 Å². The number of halogens is 3. The number of rotatable bonds is 6. The molecule has 3 rings (SSSR count). The van der Waals surface area contributed by atoms with Gasteiger partial charge in [0.1, 0.15) is 0 Å². The van der Waals surface area contributed by atoms with Crippen molar-refractivity contribution in [2.24, 2.45) is 0 Å². The van der Waals surface area contributed by atoms with Gasteiger partial charge < -0.3 is 10.2 Å². The number of hydrogen-bond acceptors (Lipinski definition) is 4. The van der Waals surface area contributed by atoms with Crippen LogP contribution in [0, 0.1) is 0 Å². The molecule has 0 atom stereocenters. The van der Waals surface area contributed by atoms with Gasteiger partial charge in [-0.2, -0.15) is 18.3 Å². The van der Waals surface area contributed by atoms with Crippen LogP contribution in [0.15, 0.2) is 24.5 Å². The fraction of sp³-hybridized carbons (Fsp3) is 0.500. The van der Waals surface area contributed by atoms with Crippen molar-refractivity contribution in [1.29, 1.82) is 0 Å². The monoisotopic (exact) mass is 423 g/mol. The summed E-state index contributed by atoms with van der Waals surface area (Å²) in [6.07, 6.45) is -0.136. The van der Waals surface area contributed by atoms with Gasteiger partial charge >= 0.3 is 6.18 Å². The van der Waals surface area contributed by atoms with E-state index in [1.54, 1.807) is 4.90 Å². The van der Waals surface area contributed by atoms with Crippen molar-refractivity contribution < 1.29 is 22.8 Å². The SMILES string of the molecule is CC(C)c1c(C(=O)NCCC(=O)N2CCCC2)cnn1-c1ccc(C(F)(F)F)cn1. The van der Waals surface area contributed by atoms with Crippen molar-refractivity contribution in [3.63, 3.8) is 0 Å². The predicted octanol–water partition coefficient (Wildman–Crippen LogP) is 3.15. The summed E-state index contributed by atoms with van der Waals surface area (Å²) in [4.78, 5) is 30.4. The molecule has 0 spiro atoms. The minimum absolute atomic E-state index is 0.0153. The van der Waals surface area contributed by atoms with E-state index in [0.29, 0.717) is 11.3 Å². The summed E-state index contributed by atoms with van der Waals surface area (Å²) in [5, 5.41) is 6.90. The zero-order valence-corrected chi connectivity index (χ0v) is 16.9. The zero-order valence-electron chi connectivity index (χ0n) is 16.9. The maximum atomic E-state index is 12.8. The van der Waals surface area contributed by atoms with E-state index in [2.05, 4.69) is 15.4 Å². The lowest BCUT2D eigenvalue weighted by Crippen LogP contribution is -2.33. The first kappa shape index (κ1) is 21.8. The summed E-state index contributed by atoms with van der Waals surface area (Å²) >= 11 is 0. The molecule has 1 aliphatic heterocycles. The van der Waals surface area contributed by atoms with Crippen LogP contribution in [0.2, 0.25) is 0 Å². The molecule has 7 nitrogen and oxygen atoms in total. The fourth-order valence-electron chi connectivity index (χ4n) is 3.45. The number of alkyl halides is 3. The molecule has 1 N–H and O–H groups in total. The topological polar surface area (TPSA) is 80.1 Å². The molecule has 30 heavy (non-hydrogen) atoms. The van der Waals surface area contributed by atoms with Crippen LogP contribution >= 0.6 is 0 Å². The number of carbonyl (C=O) groups is 2. The number of amides is 2. The molecule has 1 fully saturated rings. The number of nitrogens with zero attached hydrogens (tertiary/aromatic N) is 4. The smallest absolute Gasteiger partial charge is 0.351 e. The second-order valence-corrected chi connectivity index (χ2v) is 7.51. The van der Waals surface area contributed by atoms with Gasteiger partial charge in [-0.05, 0) is 30.9 Å². The zero-order chi connectivity index (χ0) is 21.9. The first-order valence-corrected chi connectivity index (χ1v) is 9.86. The highest BCUT2D eigenvalue weighted by molar-refractivity contribution is 5.95. The van der Waals surface area contributed by atoms with Crippen LogP contribution in [-0.4, -0.2) is 51.1 Å². The minimum Gasteiger partial charge on any atom is -0.351 e. The Morgan fingerprint density at radius 1 is 1.17 bits per heavy atom. The molecule has 0 aromatic carbocycles. The Balaban J connectivity index is 1.72. The van der Waals surface area contributed by atoms with Crippen molar-refractivity contribution in [3.05, 3.63) is 41.3 Å². The lowest BCUT2D eigenvalue weighted by molar-refractivity contribution is -0.137. The largest absolute Gasteiger partial charge is 0.417 e. The molecule has 2 aromatic rings. The van der Waals surface area contributed by atoms with E-state index < -0.39 is 11.7 Å². The summed E-state index contributed by atoms with van der Waals surface area (Å²) in [5.74, 6) is -0.314. The van der Waals surface area contributed by atoms with Gasteiger partial charge in [-0.1, -0.05) is 13.8 Å². The molecule has 10 heteroatoms. The molecule has 0 unspecified atom stereocenters. The minimum atomic E-state index is -4.48. The number of nitrogens with one attached hydrogen (secondary N) is 1. The normalized spacial score (nSPS) is 14.4. The second kappa shape index (κ2) is 8.85. The van der Waals surface area contributed by atoms with Gasteiger partial charge in [-0.15, -0.1) is 0 Å². The average Bonchev–Trinajstić information content (AvgIpc) is 3.37. The van der Waals surface area contributed by atoms with E-state index in [0.717, 1.165) is 38.2 Å². The Hall–Kier alpha value is -2.91. The van der Waals surface area contributed by atoms with Crippen LogP contribution in [0.3, 0.4) is 0 Å². The summed E-state index contributed by atoms with van der Waals surface area (Å²) in [5.41, 5.74) is -0.0175. The summed E-state index contributed by atoms with van der Waals surface area (Å²) in [6.45, 7) is 5.43. The Morgan fingerprint density at radius 2 is 1.87 bits per heavy atom. The van der Waals surface area contributed by atoms with Crippen LogP contribution in [0.1, 0.15) is 60.6 Å². The molecule has 162 valence electrons. The van der Waals surface area contributed by atoms with E-state index in [9.17, 15) is 22.8 Å². The predicted molar refractivity (Wildman–Crippen MR) is 103 cm³/mol. The lowest BCUT2D eigenvalue weighted by atomic mass is 10.1. The van der Waals surface area contributed by atoms with Gasteiger partial charge in [0, 0.05) is 32.3 Å². The third-order valence-corrected chi connectivity index (χ3v) is 4.97. The highest BCUT2D eigenvalue weighted by Crippen LogP contribution is 2.29. The first-order valence-electron chi connectivity index (χ1n) is 9.86. The molecule has 2 aromatic heterocycles. The Bertz CT molecular complexity index is 900. The molecule has 0 radical (unpaired) electrons. The molecule has 3 heterocycles. The van der Waals surface area contributed by atoms with E-state index in [1.165, 1.54) is 16.9 Å². The number of likely N-dealkylation sites (tertiary alicyclic amines) is 1. The highest BCUT2D eigenvalue weighted by atomic mass is 19.4. The van der Waals surface area contributed by atoms with E-state index >= 15 is 0 Å². The molecular weight excluding hydrogens is 399 g/mol. The summed E-state index contributed by atoms with van der Waals surface area (Å²) < 4.78 is 39.7. The number of aromatic nitrogens is 3. The standard InChI is InChI=1S/C20H24F3N5O2/c1-13(2)18-15(19(30)24-8-7-17(29)27-9-3-4-10-27)12-26-28(18)16-6-5-14(11-25-16)20(21,22)23/h5-6,11-13H,3-4,7-10H2,1-2H3,(H,24,30). The van der Waals surface area contributed by atoms with E-state index in [4.69, 9.17) is 0 Å². The van der Waals surface area contributed by atoms with Crippen molar-refractivity contribution in [1.82, 2.24) is 25.0 Å². The van der Waals surface area contributed by atoms with Gasteiger partial charge in [0.05, 0.1) is 23.0 Å². The second-order valence-electron chi connectivity index (χ2n) is 7.51. The van der Waals surface area contributed by atoms with Gasteiger partial charge in [0.15, 0.2) is 5.82 Å². The molecule has 1 saturated heterocycles. The van der Waals surface area contributed by atoms with Crippen LogP contribution in [0.4, 0.5) is 13.2 Å². The fourth-order valence-corrected chi connectivity index (χ4v) is 3.45. The molecule has 2 amide bonds. The van der Waals surface area contributed by atoms with E-state index in [1.807, 2.05) is 13.8 Å². The Labute approximate surface area is 172 Å². The van der Waals surface area contributed by atoms with Crippen LogP contribution in [0.5, 0.6) is 0 Å². The van der Waals surface area contributed by atoms with Gasteiger partial charge in [0.25, 0.3) is 5.91 Å². The third-order valence-electron chi connectivity index (χ3n) is 4.97. The number of hydrogen-bond donors (Lipinski definition) is 1. The summed E-state index contributed by atoms with van der Waals surface area (Å²) in [7, 11) is 0. The van der Waals surface area contributed by atoms with Crippen molar-refractivity contribution in [2.75, 3.05) is 19.6 Å². The highest BCUT2D eigenvalue weighted by Gasteiger charge is 2.31. The average molecular weight is 423 g/mol. The molecule has 0 saturated carbocycles. The number of carbonyl (C=O) groups excluding carboxylic acids is 2. The first-order chi connectivity index (χ1) is 14.2. The van der Waals surface area contributed by atoms with Crippen LogP contribution in [-0.2, 0) is 11.0 Å².